The van der Waals surface area contributed by atoms with Crippen LogP contribution in [0.2, 0.25) is 18.1 Å². The van der Waals surface area contributed by atoms with Gasteiger partial charge in [0.15, 0.2) is 8.32 Å². The summed E-state index contributed by atoms with van der Waals surface area (Å²) in [7, 11) is -0.737. The highest BCUT2D eigenvalue weighted by Crippen LogP contribution is 2.40. The number of carbonyl (C=O) groups is 1. The third kappa shape index (κ3) is 4.29. The summed E-state index contributed by atoms with van der Waals surface area (Å²) in [5.41, 5.74) is 0.140. The van der Waals surface area contributed by atoms with Crippen LogP contribution in [0.4, 0.5) is 0 Å². The van der Waals surface area contributed by atoms with Crippen LogP contribution in [0.5, 0.6) is 0 Å². The van der Waals surface area contributed by atoms with Gasteiger partial charge in [0.1, 0.15) is 16.1 Å². The summed E-state index contributed by atoms with van der Waals surface area (Å²) >= 11 is 2.00. The average molecular weight is 497 g/mol. The van der Waals surface area contributed by atoms with Crippen LogP contribution >= 0.6 is 22.6 Å². The standard InChI is InChI=1S/C16H28IN3O5Si/c1-9-13(21)10(20-14(17)12(18-19-20)15(22)23-5)8-11(24-9)25-26(6,7)16(2,3)4/h9-11,13,21H,8H2,1-7H3/t9-,10-,11+,13-/m0/s1. The normalized spacial score (nSPS) is 27.4. The maximum atomic E-state index is 11.8. The number of nitrogens with zero attached hydrogens (tertiary/aromatic N) is 3. The van der Waals surface area contributed by atoms with Gasteiger partial charge in [0, 0.05) is 6.42 Å². The number of ether oxygens (including phenoxy) is 2. The Morgan fingerprint density at radius 2 is 2.04 bits per heavy atom. The number of aliphatic hydroxyl groups excluding tert-OH is 1. The summed E-state index contributed by atoms with van der Waals surface area (Å²) in [5, 5.41) is 18.6. The molecule has 148 valence electrons. The SMILES string of the molecule is COC(=O)c1nnn([C@H]2C[C@@H](O[Si](C)(C)C(C)(C)C)O[C@@H](C)[C@@H]2O)c1I. The molecule has 1 aliphatic heterocycles. The van der Waals surface area contributed by atoms with E-state index in [0.717, 1.165) is 0 Å². The predicted molar refractivity (Wildman–Crippen MR) is 106 cm³/mol. The maximum Gasteiger partial charge on any atom is 0.361 e. The molecule has 0 radical (unpaired) electrons. The summed E-state index contributed by atoms with van der Waals surface area (Å²) in [6.45, 7) is 12.6. The van der Waals surface area contributed by atoms with Crippen LogP contribution in [-0.2, 0) is 13.9 Å². The second-order valence-electron chi connectivity index (χ2n) is 8.11. The predicted octanol–water partition coefficient (Wildman–Crippen LogP) is 2.73. The van der Waals surface area contributed by atoms with Crippen molar-refractivity contribution in [2.24, 2.45) is 0 Å². The molecular formula is C16H28IN3O5Si. The zero-order valence-corrected chi connectivity index (χ0v) is 19.5. The number of hydrogen-bond acceptors (Lipinski definition) is 7. The number of aromatic nitrogens is 3. The second-order valence-corrected chi connectivity index (χ2v) is 13.9. The lowest BCUT2D eigenvalue weighted by Crippen LogP contribution is -2.51. The maximum absolute atomic E-state index is 11.8. The van der Waals surface area contributed by atoms with Gasteiger partial charge in [-0.25, -0.2) is 9.48 Å². The van der Waals surface area contributed by atoms with Crippen molar-refractivity contribution >= 4 is 36.9 Å². The Morgan fingerprint density at radius 3 is 2.58 bits per heavy atom. The van der Waals surface area contributed by atoms with E-state index in [-0.39, 0.29) is 10.7 Å². The fraction of sp³-hybridized carbons (Fsp3) is 0.812. The molecule has 1 saturated heterocycles. The molecule has 1 aromatic heterocycles. The molecule has 1 aliphatic rings. The van der Waals surface area contributed by atoms with Crippen molar-refractivity contribution in [1.29, 1.82) is 0 Å². The van der Waals surface area contributed by atoms with Gasteiger partial charge in [0.25, 0.3) is 0 Å². The first-order valence-corrected chi connectivity index (χ1v) is 12.6. The van der Waals surface area contributed by atoms with Gasteiger partial charge >= 0.3 is 5.97 Å². The number of carbonyl (C=O) groups excluding carboxylic acids is 1. The molecule has 26 heavy (non-hydrogen) atoms. The number of hydrogen-bond donors (Lipinski definition) is 1. The van der Waals surface area contributed by atoms with Crippen LogP contribution in [-0.4, -0.2) is 60.0 Å². The van der Waals surface area contributed by atoms with E-state index in [4.69, 9.17) is 13.9 Å². The Hall–Kier alpha value is -0.563. The second kappa shape index (κ2) is 7.82. The van der Waals surface area contributed by atoms with Crippen LogP contribution in [0.1, 0.15) is 50.6 Å². The zero-order valence-electron chi connectivity index (χ0n) is 16.3. The lowest BCUT2D eigenvalue weighted by molar-refractivity contribution is -0.203. The van der Waals surface area contributed by atoms with Crippen LogP contribution in [0.25, 0.3) is 0 Å². The summed E-state index contributed by atoms with van der Waals surface area (Å²) in [6, 6.07) is -0.397. The molecule has 0 saturated carbocycles. The highest BCUT2D eigenvalue weighted by Gasteiger charge is 2.44. The van der Waals surface area contributed by atoms with Gasteiger partial charge in [-0.2, -0.15) is 0 Å². The van der Waals surface area contributed by atoms with Crippen molar-refractivity contribution in [2.45, 2.75) is 76.8 Å². The van der Waals surface area contributed by atoms with E-state index in [1.54, 1.807) is 4.68 Å². The molecule has 0 aromatic carbocycles. The molecule has 0 bridgehead atoms. The molecule has 0 aliphatic carbocycles. The Labute approximate surface area is 168 Å². The smallest absolute Gasteiger partial charge is 0.361 e. The van der Waals surface area contributed by atoms with Crippen molar-refractivity contribution in [3.05, 3.63) is 9.39 Å². The molecule has 0 unspecified atom stereocenters. The first-order chi connectivity index (χ1) is 11.9. The highest BCUT2D eigenvalue weighted by molar-refractivity contribution is 14.1. The zero-order chi connectivity index (χ0) is 19.9. The van der Waals surface area contributed by atoms with Gasteiger partial charge in [-0.15, -0.1) is 5.10 Å². The Morgan fingerprint density at radius 1 is 1.42 bits per heavy atom. The lowest BCUT2D eigenvalue weighted by Gasteiger charge is -2.44. The molecule has 1 aromatic rings. The molecule has 1 fully saturated rings. The van der Waals surface area contributed by atoms with Crippen molar-refractivity contribution in [3.63, 3.8) is 0 Å². The molecule has 10 heteroatoms. The summed E-state index contributed by atoms with van der Waals surface area (Å²) in [4.78, 5) is 11.8. The average Bonchev–Trinajstić information content (AvgIpc) is 2.90. The number of methoxy groups -OCH3 is 1. The first-order valence-electron chi connectivity index (χ1n) is 8.59. The van der Waals surface area contributed by atoms with Crippen molar-refractivity contribution in [3.8, 4) is 0 Å². The largest absolute Gasteiger partial charge is 0.464 e. The number of rotatable bonds is 4. The van der Waals surface area contributed by atoms with E-state index >= 15 is 0 Å². The lowest BCUT2D eigenvalue weighted by atomic mass is 10.00. The third-order valence-electron chi connectivity index (χ3n) is 5.24. The van der Waals surface area contributed by atoms with Gasteiger partial charge < -0.3 is 19.0 Å². The molecule has 8 nitrogen and oxygen atoms in total. The van der Waals surface area contributed by atoms with Crippen LogP contribution in [0, 0.1) is 3.70 Å². The van der Waals surface area contributed by atoms with E-state index < -0.39 is 38.8 Å². The van der Waals surface area contributed by atoms with Crippen LogP contribution < -0.4 is 0 Å². The van der Waals surface area contributed by atoms with Gasteiger partial charge in [-0.3, -0.25) is 0 Å². The number of esters is 1. The van der Waals surface area contributed by atoms with Crippen molar-refractivity contribution in [1.82, 2.24) is 15.0 Å². The van der Waals surface area contributed by atoms with Gasteiger partial charge in [0.2, 0.25) is 5.69 Å². The minimum absolute atomic E-state index is 0.0465. The molecule has 1 N–H and O–H groups in total. The molecule has 0 spiro atoms. The fourth-order valence-electron chi connectivity index (χ4n) is 2.57. The summed E-state index contributed by atoms with van der Waals surface area (Å²) in [5.74, 6) is -0.552. The molecule has 2 rings (SSSR count). The Kier molecular flexibility index (Phi) is 6.53. The quantitative estimate of drug-likeness (QED) is 0.388. The number of aliphatic hydroxyl groups is 1. The third-order valence-corrected chi connectivity index (χ3v) is 10.7. The van der Waals surface area contributed by atoms with Crippen molar-refractivity contribution < 1.29 is 23.8 Å². The summed E-state index contributed by atoms with van der Waals surface area (Å²) in [6.07, 6.45) is -1.22. The molecule has 2 heterocycles. The van der Waals surface area contributed by atoms with E-state index in [2.05, 4.69) is 44.2 Å². The van der Waals surface area contributed by atoms with Gasteiger partial charge in [-0.1, -0.05) is 26.0 Å². The molecule has 0 amide bonds. The van der Waals surface area contributed by atoms with Crippen LogP contribution in [0.3, 0.4) is 0 Å². The van der Waals surface area contributed by atoms with Crippen LogP contribution in [0.15, 0.2) is 0 Å². The topological polar surface area (TPSA) is 95.7 Å². The highest BCUT2D eigenvalue weighted by atomic mass is 127. The molecule has 4 atom stereocenters. The van der Waals surface area contributed by atoms with E-state index in [1.165, 1.54) is 7.11 Å². The Balaban J connectivity index is 2.26. The van der Waals surface area contributed by atoms with E-state index in [1.807, 2.05) is 29.5 Å². The minimum Gasteiger partial charge on any atom is -0.464 e. The van der Waals surface area contributed by atoms with E-state index in [0.29, 0.717) is 10.1 Å². The summed E-state index contributed by atoms with van der Waals surface area (Å²) < 4.78 is 19.1. The fourth-order valence-corrected chi connectivity index (χ4v) is 4.51. The minimum atomic E-state index is -2.03. The monoisotopic (exact) mass is 497 g/mol. The van der Waals surface area contributed by atoms with Crippen molar-refractivity contribution in [2.75, 3.05) is 7.11 Å². The Bertz CT molecular complexity index is 661. The van der Waals surface area contributed by atoms with E-state index in [9.17, 15) is 9.90 Å². The molecular weight excluding hydrogens is 469 g/mol. The first kappa shape index (κ1) is 21.7. The van der Waals surface area contributed by atoms with Gasteiger partial charge in [-0.05, 0) is 47.6 Å². The van der Waals surface area contributed by atoms with Gasteiger partial charge in [0.05, 0.1) is 19.3 Å². The number of halogens is 1.